The fourth-order valence-corrected chi connectivity index (χ4v) is 4.93. The van der Waals surface area contributed by atoms with E-state index in [0.717, 1.165) is 12.1 Å². The van der Waals surface area contributed by atoms with Crippen LogP contribution in [-0.2, 0) is 5.66 Å². The van der Waals surface area contributed by atoms with E-state index in [9.17, 15) is 18.4 Å². The van der Waals surface area contributed by atoms with E-state index in [4.69, 9.17) is 11.6 Å². The fraction of sp³-hybridized carbons (Fsp3) is 0.167. The first-order valence-electron chi connectivity index (χ1n) is 9.82. The van der Waals surface area contributed by atoms with E-state index in [1.54, 1.807) is 46.2 Å². The highest BCUT2D eigenvalue weighted by Gasteiger charge is 2.62. The number of halogens is 3. The lowest BCUT2D eigenvalue weighted by Gasteiger charge is -2.41. The lowest BCUT2D eigenvalue weighted by atomic mass is 9.89. The predicted octanol–water partition coefficient (Wildman–Crippen LogP) is 4.82. The van der Waals surface area contributed by atoms with Crippen molar-refractivity contribution in [2.75, 3.05) is 6.54 Å². The molecule has 0 aromatic heterocycles. The fourth-order valence-electron chi connectivity index (χ4n) is 4.80. The van der Waals surface area contributed by atoms with Gasteiger partial charge in [0.2, 0.25) is 0 Å². The van der Waals surface area contributed by atoms with Crippen molar-refractivity contribution in [2.45, 2.75) is 18.6 Å². The molecule has 4 nitrogen and oxygen atoms in total. The van der Waals surface area contributed by atoms with Gasteiger partial charge in [-0.1, -0.05) is 41.9 Å². The van der Waals surface area contributed by atoms with E-state index in [2.05, 4.69) is 0 Å². The third kappa shape index (κ3) is 2.64. The Morgan fingerprint density at radius 2 is 1.74 bits per heavy atom. The molecule has 2 atom stereocenters. The summed E-state index contributed by atoms with van der Waals surface area (Å²) >= 11 is 6.11. The zero-order valence-corrected chi connectivity index (χ0v) is 17.2. The molecule has 2 heterocycles. The van der Waals surface area contributed by atoms with Crippen molar-refractivity contribution in [2.24, 2.45) is 0 Å². The smallest absolute Gasteiger partial charge is 0.257 e. The van der Waals surface area contributed by atoms with Crippen LogP contribution in [0.15, 0.2) is 66.7 Å². The number of fused-ring (bicyclic) bond motifs is 3. The summed E-state index contributed by atoms with van der Waals surface area (Å²) in [7, 11) is 0. The van der Waals surface area contributed by atoms with Gasteiger partial charge in [-0.3, -0.25) is 9.59 Å². The van der Waals surface area contributed by atoms with Crippen LogP contribution in [0.25, 0.3) is 0 Å². The third-order valence-electron chi connectivity index (χ3n) is 6.04. The highest BCUT2D eigenvalue weighted by molar-refractivity contribution is 6.30. The summed E-state index contributed by atoms with van der Waals surface area (Å²) in [5.74, 6) is -2.80. The molecule has 156 valence electrons. The molecular weight excluding hydrogens is 422 g/mol. The first kappa shape index (κ1) is 19.7. The molecular formula is C24H17ClF2N2O2. The van der Waals surface area contributed by atoms with Gasteiger partial charge in [0.25, 0.3) is 11.8 Å². The molecule has 0 spiro atoms. The topological polar surface area (TPSA) is 40.6 Å². The van der Waals surface area contributed by atoms with Crippen molar-refractivity contribution in [1.29, 1.82) is 0 Å². The van der Waals surface area contributed by atoms with Crippen LogP contribution >= 0.6 is 11.6 Å². The second-order valence-corrected chi connectivity index (χ2v) is 8.23. The molecule has 7 heteroatoms. The van der Waals surface area contributed by atoms with Crippen LogP contribution in [0, 0.1) is 11.6 Å². The number of benzene rings is 3. The van der Waals surface area contributed by atoms with Gasteiger partial charge in [-0.2, -0.15) is 0 Å². The Labute approximate surface area is 182 Å². The zero-order chi connectivity index (χ0) is 21.9. The van der Waals surface area contributed by atoms with Gasteiger partial charge in [0, 0.05) is 39.9 Å². The molecule has 0 radical (unpaired) electrons. The molecule has 0 saturated carbocycles. The van der Waals surface area contributed by atoms with Gasteiger partial charge in [0.1, 0.15) is 0 Å². The predicted molar refractivity (Wildman–Crippen MR) is 112 cm³/mol. The molecule has 1 saturated heterocycles. The summed E-state index contributed by atoms with van der Waals surface area (Å²) in [5, 5.41) is 0.522. The molecule has 0 aliphatic carbocycles. The molecule has 3 aromatic carbocycles. The Kier molecular flexibility index (Phi) is 4.38. The van der Waals surface area contributed by atoms with Gasteiger partial charge in [-0.05, 0) is 43.3 Å². The van der Waals surface area contributed by atoms with E-state index in [0.29, 0.717) is 21.7 Å². The third-order valence-corrected chi connectivity index (χ3v) is 6.29. The van der Waals surface area contributed by atoms with E-state index in [1.165, 1.54) is 6.07 Å². The Morgan fingerprint density at radius 3 is 2.45 bits per heavy atom. The maximum Gasteiger partial charge on any atom is 0.257 e. The maximum atomic E-state index is 13.9. The quantitative estimate of drug-likeness (QED) is 0.575. The van der Waals surface area contributed by atoms with Crippen molar-refractivity contribution in [1.82, 2.24) is 9.80 Å². The summed E-state index contributed by atoms with van der Waals surface area (Å²) in [6.07, 6.45) is 0. The van der Waals surface area contributed by atoms with Crippen molar-refractivity contribution in [3.63, 3.8) is 0 Å². The van der Waals surface area contributed by atoms with Gasteiger partial charge in [-0.15, -0.1) is 0 Å². The molecule has 0 unspecified atom stereocenters. The summed E-state index contributed by atoms with van der Waals surface area (Å²) < 4.78 is 27.4. The molecule has 2 aliphatic rings. The molecule has 5 rings (SSSR count). The first-order chi connectivity index (χ1) is 14.9. The van der Waals surface area contributed by atoms with Crippen LogP contribution < -0.4 is 0 Å². The van der Waals surface area contributed by atoms with Gasteiger partial charge in [-0.25, -0.2) is 8.78 Å². The number of nitrogens with zero attached hydrogens (tertiary/aromatic N) is 2. The number of carbonyl (C=O) groups is 2. The second-order valence-electron chi connectivity index (χ2n) is 7.79. The van der Waals surface area contributed by atoms with Crippen molar-refractivity contribution >= 4 is 23.4 Å². The van der Waals surface area contributed by atoms with E-state index in [1.807, 2.05) is 19.1 Å². The SMILES string of the molecule is C[C@H]1CN(C(=O)c2ccc(F)c(F)c2)[C@]2(c3ccc(Cl)cc3)c3ccccc3C(=O)N12. The second kappa shape index (κ2) is 6.89. The normalized spacial score (nSPS) is 21.9. The van der Waals surface area contributed by atoms with E-state index >= 15 is 0 Å². The van der Waals surface area contributed by atoms with Crippen molar-refractivity contribution in [3.8, 4) is 0 Å². The molecule has 0 bridgehead atoms. The number of hydrogen-bond donors (Lipinski definition) is 0. The Hall–Kier alpha value is -3.25. The summed E-state index contributed by atoms with van der Waals surface area (Å²) in [6.45, 7) is 2.10. The molecule has 31 heavy (non-hydrogen) atoms. The lowest BCUT2D eigenvalue weighted by molar-refractivity contribution is 0.0341. The van der Waals surface area contributed by atoms with Crippen LogP contribution in [0.4, 0.5) is 8.78 Å². The number of hydrogen-bond acceptors (Lipinski definition) is 2. The van der Waals surface area contributed by atoms with Gasteiger partial charge < -0.3 is 9.80 Å². The highest BCUT2D eigenvalue weighted by atomic mass is 35.5. The minimum absolute atomic E-state index is 0.0121. The first-order valence-corrected chi connectivity index (χ1v) is 10.2. The van der Waals surface area contributed by atoms with Crippen molar-refractivity contribution < 1.29 is 18.4 Å². The maximum absolute atomic E-state index is 13.9. The minimum Gasteiger partial charge on any atom is -0.305 e. The summed E-state index contributed by atoms with van der Waals surface area (Å²) in [5.41, 5.74) is 0.669. The number of carbonyl (C=O) groups excluding carboxylic acids is 2. The molecule has 3 aromatic rings. The standard InChI is InChI=1S/C24H17ClF2N2O2/c1-14-13-28(22(30)15-6-11-20(26)21(27)12-15)24(16-7-9-17(25)10-8-16)19-5-3-2-4-18(19)23(31)29(14)24/h2-12,14H,13H2,1H3/t14-,24-/m0/s1. The van der Waals surface area contributed by atoms with Crippen LogP contribution in [0.3, 0.4) is 0 Å². The summed E-state index contributed by atoms with van der Waals surface area (Å²) in [4.78, 5) is 30.3. The number of amides is 2. The summed E-state index contributed by atoms with van der Waals surface area (Å²) in [6, 6.07) is 16.9. The van der Waals surface area contributed by atoms with Gasteiger partial charge >= 0.3 is 0 Å². The Bertz CT molecular complexity index is 1230. The van der Waals surface area contributed by atoms with Crippen molar-refractivity contribution in [3.05, 3.63) is 106 Å². The average Bonchev–Trinajstić information content (AvgIpc) is 3.22. The van der Waals surface area contributed by atoms with Gasteiger partial charge in [0.05, 0.1) is 0 Å². The van der Waals surface area contributed by atoms with Crippen LogP contribution in [0.1, 0.15) is 38.8 Å². The molecule has 2 aliphatic heterocycles. The van der Waals surface area contributed by atoms with Crippen LogP contribution in [-0.4, -0.2) is 34.2 Å². The van der Waals surface area contributed by atoms with Crippen LogP contribution in [0.5, 0.6) is 0 Å². The zero-order valence-electron chi connectivity index (χ0n) is 16.5. The molecule has 2 amide bonds. The van der Waals surface area contributed by atoms with Gasteiger partial charge in [0.15, 0.2) is 17.3 Å². The molecule has 0 N–H and O–H groups in total. The largest absolute Gasteiger partial charge is 0.305 e. The van der Waals surface area contributed by atoms with Crippen LogP contribution in [0.2, 0.25) is 5.02 Å². The molecule has 1 fully saturated rings. The number of rotatable bonds is 2. The Balaban J connectivity index is 1.77. The van der Waals surface area contributed by atoms with E-state index < -0.39 is 23.2 Å². The Morgan fingerprint density at radius 1 is 1.03 bits per heavy atom. The highest BCUT2D eigenvalue weighted by Crippen LogP contribution is 2.52. The minimum atomic E-state index is -1.21. The lowest BCUT2D eigenvalue weighted by Crippen LogP contribution is -2.52. The monoisotopic (exact) mass is 438 g/mol. The van der Waals surface area contributed by atoms with E-state index in [-0.39, 0.29) is 24.1 Å². The average molecular weight is 439 g/mol.